The van der Waals surface area contributed by atoms with Gasteiger partial charge in [0.1, 0.15) is 11.6 Å². The van der Waals surface area contributed by atoms with Gasteiger partial charge in [-0.2, -0.15) is 0 Å². The van der Waals surface area contributed by atoms with Crippen LogP contribution in [0.15, 0.2) is 42.2 Å². The molecule has 4 rings (SSSR count). The third kappa shape index (κ3) is 3.85. The number of allylic oxidation sites excluding steroid dienone is 2. The predicted molar refractivity (Wildman–Crippen MR) is 96.5 cm³/mol. The van der Waals surface area contributed by atoms with E-state index in [9.17, 15) is 8.78 Å². The van der Waals surface area contributed by atoms with Crippen molar-refractivity contribution in [3.63, 3.8) is 0 Å². The van der Waals surface area contributed by atoms with Crippen molar-refractivity contribution in [2.75, 3.05) is 26.2 Å². The summed E-state index contributed by atoms with van der Waals surface area (Å²) in [6, 6.07) is 4.13. The van der Waals surface area contributed by atoms with Crippen LogP contribution in [0.2, 0.25) is 0 Å². The summed E-state index contributed by atoms with van der Waals surface area (Å²) in [5, 5.41) is 3.31. The molecule has 140 valence electrons. The van der Waals surface area contributed by atoms with Crippen molar-refractivity contribution in [3.8, 4) is 5.75 Å². The maximum Gasteiger partial charge on any atom is 0.190 e. The van der Waals surface area contributed by atoms with Gasteiger partial charge in [-0.3, -0.25) is 4.90 Å². The van der Waals surface area contributed by atoms with E-state index in [1.54, 1.807) is 0 Å². The standard InChI is InChI=1S/C20H25F2N3O/c21-15-8-9-18(17(22)14-15)26-20-7-2-6-19(23-20)25-11-3-10-24(12-13-25)16-4-1-5-16/h2,6-9,14,16,20,23H,1,3-5,10-13H2. The minimum absolute atomic E-state index is 0.0434. The third-order valence-corrected chi connectivity index (χ3v) is 5.44. The van der Waals surface area contributed by atoms with Gasteiger partial charge >= 0.3 is 0 Å². The van der Waals surface area contributed by atoms with Crippen molar-refractivity contribution in [2.24, 2.45) is 0 Å². The normalized spacial score (nSPS) is 24.5. The molecule has 1 N–H and O–H groups in total. The van der Waals surface area contributed by atoms with Gasteiger partial charge in [0, 0.05) is 38.3 Å². The second-order valence-electron chi connectivity index (χ2n) is 7.16. The quantitative estimate of drug-likeness (QED) is 0.891. The molecule has 0 spiro atoms. The Kier molecular flexibility index (Phi) is 5.11. The molecule has 6 heteroatoms. The van der Waals surface area contributed by atoms with Crippen LogP contribution in [-0.4, -0.2) is 48.2 Å². The van der Waals surface area contributed by atoms with E-state index in [-0.39, 0.29) is 5.75 Å². The van der Waals surface area contributed by atoms with Gasteiger partial charge in [0.15, 0.2) is 17.8 Å². The molecular weight excluding hydrogens is 336 g/mol. The lowest BCUT2D eigenvalue weighted by atomic mass is 9.91. The van der Waals surface area contributed by atoms with E-state index < -0.39 is 17.9 Å². The first-order valence-corrected chi connectivity index (χ1v) is 9.45. The molecule has 0 amide bonds. The van der Waals surface area contributed by atoms with Gasteiger partial charge in [-0.05, 0) is 43.5 Å². The summed E-state index contributed by atoms with van der Waals surface area (Å²) in [4.78, 5) is 4.95. The molecule has 1 aliphatic carbocycles. The number of hydrogen-bond acceptors (Lipinski definition) is 4. The predicted octanol–water partition coefficient (Wildman–Crippen LogP) is 3.23. The van der Waals surface area contributed by atoms with Crippen LogP contribution in [0, 0.1) is 11.6 Å². The van der Waals surface area contributed by atoms with Crippen molar-refractivity contribution in [2.45, 2.75) is 38.0 Å². The summed E-state index contributed by atoms with van der Waals surface area (Å²) in [5.74, 6) is -0.261. The van der Waals surface area contributed by atoms with Crippen LogP contribution in [0.1, 0.15) is 25.7 Å². The van der Waals surface area contributed by atoms with E-state index in [1.165, 1.54) is 31.4 Å². The number of nitrogens with one attached hydrogen (secondary N) is 1. The maximum atomic E-state index is 13.8. The largest absolute Gasteiger partial charge is 0.464 e. The van der Waals surface area contributed by atoms with Gasteiger partial charge < -0.3 is 15.0 Å². The van der Waals surface area contributed by atoms with E-state index in [4.69, 9.17) is 4.74 Å². The van der Waals surface area contributed by atoms with Gasteiger partial charge in [-0.15, -0.1) is 0 Å². The monoisotopic (exact) mass is 361 g/mol. The minimum Gasteiger partial charge on any atom is -0.464 e. The molecule has 1 aromatic carbocycles. The Bertz CT molecular complexity index is 702. The minimum atomic E-state index is -0.692. The summed E-state index contributed by atoms with van der Waals surface area (Å²) in [7, 11) is 0. The smallest absolute Gasteiger partial charge is 0.190 e. The zero-order valence-corrected chi connectivity index (χ0v) is 14.8. The number of ether oxygens (including phenoxy) is 1. The van der Waals surface area contributed by atoms with Gasteiger partial charge in [-0.1, -0.05) is 12.5 Å². The number of nitrogens with zero attached hydrogens (tertiary/aromatic N) is 2. The fourth-order valence-electron chi connectivity index (χ4n) is 3.76. The summed E-state index contributed by atoms with van der Waals surface area (Å²) < 4.78 is 32.5. The first-order chi connectivity index (χ1) is 12.7. The molecule has 26 heavy (non-hydrogen) atoms. The fourth-order valence-corrected chi connectivity index (χ4v) is 3.76. The summed E-state index contributed by atoms with van der Waals surface area (Å²) in [6.45, 7) is 4.20. The highest BCUT2D eigenvalue weighted by Gasteiger charge is 2.27. The molecule has 0 bridgehead atoms. The van der Waals surface area contributed by atoms with Gasteiger partial charge in [0.05, 0.1) is 0 Å². The van der Waals surface area contributed by atoms with Crippen LogP contribution in [-0.2, 0) is 0 Å². The lowest BCUT2D eigenvalue weighted by Crippen LogP contribution is -2.44. The first kappa shape index (κ1) is 17.3. The Hall–Kier alpha value is -2.08. The highest BCUT2D eigenvalue weighted by molar-refractivity contribution is 5.27. The van der Waals surface area contributed by atoms with Gasteiger partial charge in [0.2, 0.25) is 0 Å². The highest BCUT2D eigenvalue weighted by atomic mass is 19.1. The highest BCUT2D eigenvalue weighted by Crippen LogP contribution is 2.26. The second kappa shape index (κ2) is 7.66. The molecule has 2 aliphatic heterocycles. The van der Waals surface area contributed by atoms with E-state index in [2.05, 4.69) is 15.1 Å². The number of dihydropyridines is 1. The van der Waals surface area contributed by atoms with E-state index >= 15 is 0 Å². The number of rotatable bonds is 4. The van der Waals surface area contributed by atoms with E-state index in [0.29, 0.717) is 0 Å². The molecule has 3 aliphatic rings. The number of halogens is 2. The average Bonchev–Trinajstić information content (AvgIpc) is 2.82. The average molecular weight is 361 g/mol. The van der Waals surface area contributed by atoms with Crippen molar-refractivity contribution >= 4 is 0 Å². The van der Waals surface area contributed by atoms with Crippen molar-refractivity contribution in [1.29, 1.82) is 0 Å². The van der Waals surface area contributed by atoms with Crippen LogP contribution in [0.3, 0.4) is 0 Å². The molecule has 1 saturated carbocycles. The molecule has 1 aromatic rings. The van der Waals surface area contributed by atoms with Crippen molar-refractivity contribution < 1.29 is 13.5 Å². The second-order valence-corrected chi connectivity index (χ2v) is 7.16. The van der Waals surface area contributed by atoms with Crippen LogP contribution in [0.5, 0.6) is 5.75 Å². The summed E-state index contributed by atoms with van der Waals surface area (Å²) in [6.07, 6.45) is 10.5. The van der Waals surface area contributed by atoms with Crippen molar-refractivity contribution in [1.82, 2.24) is 15.1 Å². The van der Waals surface area contributed by atoms with E-state index in [0.717, 1.165) is 50.5 Å². The van der Waals surface area contributed by atoms with Gasteiger partial charge in [-0.25, -0.2) is 8.78 Å². The Morgan fingerprint density at radius 2 is 1.92 bits per heavy atom. The Labute approximate surface area is 153 Å². The molecule has 1 atom stereocenters. The van der Waals surface area contributed by atoms with Crippen molar-refractivity contribution in [3.05, 3.63) is 53.9 Å². The molecular formula is C20H25F2N3O. The van der Waals surface area contributed by atoms with Crippen LogP contribution in [0.25, 0.3) is 0 Å². The Balaban J connectivity index is 1.36. The fraction of sp³-hybridized carbons (Fsp3) is 0.500. The molecule has 2 heterocycles. The van der Waals surface area contributed by atoms with Crippen LogP contribution >= 0.6 is 0 Å². The zero-order chi connectivity index (χ0) is 17.9. The topological polar surface area (TPSA) is 27.7 Å². The summed E-state index contributed by atoms with van der Waals surface area (Å²) >= 11 is 0. The first-order valence-electron chi connectivity index (χ1n) is 9.45. The van der Waals surface area contributed by atoms with Crippen LogP contribution in [0.4, 0.5) is 8.78 Å². The van der Waals surface area contributed by atoms with Crippen LogP contribution < -0.4 is 10.1 Å². The van der Waals surface area contributed by atoms with E-state index in [1.807, 2.05) is 18.2 Å². The molecule has 0 aromatic heterocycles. The lowest BCUT2D eigenvalue weighted by Gasteiger charge is -2.37. The lowest BCUT2D eigenvalue weighted by molar-refractivity contribution is 0.131. The number of benzene rings is 1. The number of hydrogen-bond donors (Lipinski definition) is 1. The molecule has 2 fully saturated rings. The Morgan fingerprint density at radius 3 is 2.69 bits per heavy atom. The molecule has 0 radical (unpaired) electrons. The summed E-state index contributed by atoms with van der Waals surface area (Å²) in [5.41, 5.74) is 0. The molecule has 1 saturated heterocycles. The zero-order valence-electron chi connectivity index (χ0n) is 14.8. The third-order valence-electron chi connectivity index (χ3n) is 5.44. The Morgan fingerprint density at radius 1 is 1.04 bits per heavy atom. The molecule has 1 unspecified atom stereocenters. The SMILES string of the molecule is Fc1ccc(OC2C=CC=C(N3CCCN(C4CCC4)CC3)N2)c(F)c1. The van der Waals surface area contributed by atoms with Gasteiger partial charge in [0.25, 0.3) is 0 Å². The molecule has 4 nitrogen and oxygen atoms in total. The maximum absolute atomic E-state index is 13.8.